The van der Waals surface area contributed by atoms with Crippen molar-refractivity contribution < 1.29 is 14.3 Å². The summed E-state index contributed by atoms with van der Waals surface area (Å²) in [6, 6.07) is 16.1. The highest BCUT2D eigenvalue weighted by Gasteiger charge is 2.11. The summed E-state index contributed by atoms with van der Waals surface area (Å²) >= 11 is 0. The van der Waals surface area contributed by atoms with E-state index in [0.717, 1.165) is 25.4 Å². The van der Waals surface area contributed by atoms with Gasteiger partial charge in [-0.3, -0.25) is 4.79 Å². The molecule has 1 aliphatic heterocycles. The molecule has 0 aliphatic carbocycles. The van der Waals surface area contributed by atoms with Gasteiger partial charge in [0.1, 0.15) is 11.5 Å². The van der Waals surface area contributed by atoms with Crippen molar-refractivity contribution in [3.63, 3.8) is 0 Å². The Kier molecular flexibility index (Phi) is 7.26. The van der Waals surface area contributed by atoms with Crippen molar-refractivity contribution in [2.45, 2.75) is 12.8 Å². The third-order valence-corrected chi connectivity index (χ3v) is 4.45. The third kappa shape index (κ3) is 6.59. The summed E-state index contributed by atoms with van der Waals surface area (Å²) in [6.07, 6.45) is 2.46. The van der Waals surface area contributed by atoms with Crippen LogP contribution in [0.4, 0.5) is 10.5 Å². The quantitative estimate of drug-likeness (QED) is 0.656. The van der Waals surface area contributed by atoms with Gasteiger partial charge in [0.2, 0.25) is 5.91 Å². The predicted octanol–water partition coefficient (Wildman–Crippen LogP) is 2.81. The molecule has 1 saturated heterocycles. The topological polar surface area (TPSA) is 82.7 Å². The molecule has 0 spiro atoms. The lowest BCUT2D eigenvalue weighted by Gasteiger charge is -2.14. The number of likely N-dealkylation sites (tertiary alicyclic amines) is 1. The zero-order chi connectivity index (χ0) is 19.6. The molecule has 3 rings (SSSR count). The smallest absolute Gasteiger partial charge is 0.319 e. The van der Waals surface area contributed by atoms with Gasteiger partial charge in [-0.2, -0.15) is 0 Å². The number of nitrogens with one attached hydrogen (secondary N) is 3. The number of carbonyl (C=O) groups is 2. The fourth-order valence-corrected chi connectivity index (χ4v) is 2.99. The van der Waals surface area contributed by atoms with E-state index in [4.69, 9.17) is 4.74 Å². The van der Waals surface area contributed by atoms with Crippen LogP contribution in [0.5, 0.6) is 11.5 Å². The highest BCUT2D eigenvalue weighted by molar-refractivity contribution is 5.92. The van der Waals surface area contributed by atoms with Gasteiger partial charge in [-0.1, -0.05) is 18.2 Å². The number of anilines is 1. The fourth-order valence-electron chi connectivity index (χ4n) is 2.99. The first-order valence-electron chi connectivity index (χ1n) is 9.56. The van der Waals surface area contributed by atoms with E-state index in [-0.39, 0.29) is 12.5 Å². The first kappa shape index (κ1) is 19.7. The van der Waals surface area contributed by atoms with Gasteiger partial charge < -0.3 is 25.6 Å². The van der Waals surface area contributed by atoms with Gasteiger partial charge in [0, 0.05) is 18.8 Å². The molecule has 3 N–H and O–H groups in total. The molecule has 28 heavy (non-hydrogen) atoms. The van der Waals surface area contributed by atoms with Gasteiger partial charge in [0.25, 0.3) is 0 Å². The van der Waals surface area contributed by atoms with E-state index in [1.807, 2.05) is 30.3 Å². The first-order valence-corrected chi connectivity index (χ1v) is 9.56. The molecule has 0 saturated carbocycles. The summed E-state index contributed by atoms with van der Waals surface area (Å²) in [5, 5.41) is 8.07. The van der Waals surface area contributed by atoms with Crippen LogP contribution < -0.4 is 20.7 Å². The maximum atomic E-state index is 11.9. The molecule has 1 heterocycles. The van der Waals surface area contributed by atoms with Crippen molar-refractivity contribution in [3.05, 3.63) is 54.6 Å². The molecule has 3 amide bonds. The molecule has 0 atom stereocenters. The summed E-state index contributed by atoms with van der Waals surface area (Å²) in [5.41, 5.74) is 0.618. The van der Waals surface area contributed by atoms with Gasteiger partial charge in [-0.15, -0.1) is 0 Å². The van der Waals surface area contributed by atoms with E-state index >= 15 is 0 Å². The minimum absolute atomic E-state index is 0.0545. The number of nitrogens with zero attached hydrogens (tertiary/aromatic N) is 1. The molecule has 7 nitrogen and oxygen atoms in total. The van der Waals surface area contributed by atoms with Gasteiger partial charge in [-0.25, -0.2) is 4.79 Å². The SMILES string of the molecule is O=C(CNC(=O)Nc1ccc(Oc2ccccc2)cc1)NCCN1CCCC1. The van der Waals surface area contributed by atoms with Crippen LogP contribution in [-0.2, 0) is 4.79 Å². The number of para-hydroxylation sites is 1. The average molecular weight is 382 g/mol. The van der Waals surface area contributed by atoms with Crippen LogP contribution in [0, 0.1) is 0 Å². The second-order valence-electron chi connectivity index (χ2n) is 6.65. The second kappa shape index (κ2) is 10.3. The van der Waals surface area contributed by atoms with E-state index in [0.29, 0.717) is 18.0 Å². The lowest BCUT2D eigenvalue weighted by molar-refractivity contribution is -0.120. The normalized spacial score (nSPS) is 13.7. The minimum atomic E-state index is -0.425. The summed E-state index contributed by atoms with van der Waals surface area (Å²) < 4.78 is 5.71. The summed E-state index contributed by atoms with van der Waals surface area (Å²) in [5.74, 6) is 1.23. The molecule has 148 valence electrons. The Morgan fingerprint density at radius 2 is 1.57 bits per heavy atom. The highest BCUT2D eigenvalue weighted by atomic mass is 16.5. The molecule has 0 bridgehead atoms. The fraction of sp³-hybridized carbons (Fsp3) is 0.333. The Balaban J connectivity index is 1.34. The lowest BCUT2D eigenvalue weighted by Crippen LogP contribution is -2.41. The molecular formula is C21H26N4O3. The van der Waals surface area contributed by atoms with Crippen LogP contribution in [0.3, 0.4) is 0 Å². The minimum Gasteiger partial charge on any atom is -0.457 e. The largest absolute Gasteiger partial charge is 0.457 e. The number of amides is 3. The molecule has 7 heteroatoms. The number of hydrogen-bond acceptors (Lipinski definition) is 4. The molecule has 0 unspecified atom stereocenters. The monoisotopic (exact) mass is 382 g/mol. The van der Waals surface area contributed by atoms with Crippen molar-refractivity contribution in [2.24, 2.45) is 0 Å². The van der Waals surface area contributed by atoms with Gasteiger partial charge in [-0.05, 0) is 62.3 Å². The van der Waals surface area contributed by atoms with E-state index in [9.17, 15) is 9.59 Å². The maximum absolute atomic E-state index is 11.9. The van der Waals surface area contributed by atoms with Gasteiger partial charge >= 0.3 is 6.03 Å². The van der Waals surface area contributed by atoms with E-state index in [2.05, 4.69) is 20.9 Å². The molecule has 1 fully saturated rings. The Hall–Kier alpha value is -3.06. The van der Waals surface area contributed by atoms with Crippen molar-refractivity contribution in [2.75, 3.05) is 38.0 Å². The Morgan fingerprint density at radius 1 is 0.893 bits per heavy atom. The summed E-state index contributed by atoms with van der Waals surface area (Å²) in [6.45, 7) is 3.61. The number of benzene rings is 2. The molecule has 0 aromatic heterocycles. The van der Waals surface area contributed by atoms with Crippen LogP contribution >= 0.6 is 0 Å². The summed E-state index contributed by atoms with van der Waals surface area (Å²) in [4.78, 5) is 26.1. The number of urea groups is 1. The van der Waals surface area contributed by atoms with Gasteiger partial charge in [0.15, 0.2) is 0 Å². The van der Waals surface area contributed by atoms with Crippen molar-refractivity contribution in [3.8, 4) is 11.5 Å². The Bertz CT molecular complexity index is 759. The standard InChI is InChI=1S/C21H26N4O3/c26-20(22-12-15-25-13-4-5-14-25)16-23-21(27)24-17-8-10-19(11-9-17)28-18-6-2-1-3-7-18/h1-3,6-11H,4-5,12-16H2,(H,22,26)(H2,23,24,27). The van der Waals surface area contributed by atoms with Crippen LogP contribution in [0.25, 0.3) is 0 Å². The molecule has 2 aromatic carbocycles. The molecule has 2 aromatic rings. The van der Waals surface area contributed by atoms with Crippen LogP contribution in [0.2, 0.25) is 0 Å². The van der Waals surface area contributed by atoms with Gasteiger partial charge in [0.05, 0.1) is 6.54 Å². The van der Waals surface area contributed by atoms with Crippen LogP contribution in [0.1, 0.15) is 12.8 Å². The number of carbonyl (C=O) groups excluding carboxylic acids is 2. The first-order chi connectivity index (χ1) is 13.7. The number of rotatable bonds is 8. The van der Waals surface area contributed by atoms with E-state index in [1.54, 1.807) is 24.3 Å². The second-order valence-corrected chi connectivity index (χ2v) is 6.65. The molecule has 1 aliphatic rings. The zero-order valence-corrected chi connectivity index (χ0v) is 15.8. The number of ether oxygens (including phenoxy) is 1. The third-order valence-electron chi connectivity index (χ3n) is 4.45. The van der Waals surface area contributed by atoms with E-state index in [1.165, 1.54) is 12.8 Å². The molecule has 0 radical (unpaired) electrons. The van der Waals surface area contributed by atoms with Crippen LogP contribution in [0.15, 0.2) is 54.6 Å². The lowest BCUT2D eigenvalue weighted by atomic mass is 10.3. The number of hydrogen-bond donors (Lipinski definition) is 3. The average Bonchev–Trinajstić information content (AvgIpc) is 3.22. The highest BCUT2D eigenvalue weighted by Crippen LogP contribution is 2.22. The zero-order valence-electron chi connectivity index (χ0n) is 15.8. The van der Waals surface area contributed by atoms with Crippen molar-refractivity contribution >= 4 is 17.6 Å². The Morgan fingerprint density at radius 3 is 2.29 bits per heavy atom. The van der Waals surface area contributed by atoms with Crippen molar-refractivity contribution in [1.29, 1.82) is 0 Å². The van der Waals surface area contributed by atoms with Crippen LogP contribution in [-0.4, -0.2) is 49.6 Å². The maximum Gasteiger partial charge on any atom is 0.319 e. The Labute approximate surface area is 165 Å². The molecular weight excluding hydrogens is 356 g/mol. The predicted molar refractivity (Wildman–Crippen MR) is 109 cm³/mol. The van der Waals surface area contributed by atoms with E-state index < -0.39 is 6.03 Å². The van der Waals surface area contributed by atoms with Crippen molar-refractivity contribution in [1.82, 2.24) is 15.5 Å². The summed E-state index contributed by atoms with van der Waals surface area (Å²) in [7, 11) is 0.